The summed E-state index contributed by atoms with van der Waals surface area (Å²) in [6, 6.07) is 6.75. The standard InChI is InChI=1S/C15H25BrN2O2/c1-12(11-20-4)18(7-8-19-3)15-6-5-13(10-17-2)9-14(15)16/h5-6,9,12,17H,7-8,10-11H2,1-4H3. The third kappa shape index (κ3) is 5.05. The van der Waals surface area contributed by atoms with Crippen molar-refractivity contribution in [3.8, 4) is 0 Å². The molecule has 0 aliphatic heterocycles. The van der Waals surface area contributed by atoms with E-state index in [4.69, 9.17) is 9.47 Å². The largest absolute Gasteiger partial charge is 0.383 e. The fraction of sp³-hybridized carbons (Fsp3) is 0.600. The monoisotopic (exact) mass is 344 g/mol. The number of anilines is 1. The van der Waals surface area contributed by atoms with E-state index in [-0.39, 0.29) is 0 Å². The lowest BCUT2D eigenvalue weighted by Crippen LogP contribution is -2.38. The number of benzene rings is 1. The first-order valence-electron chi connectivity index (χ1n) is 6.81. The second-order valence-electron chi connectivity index (χ2n) is 4.81. The first-order chi connectivity index (χ1) is 9.63. The molecule has 20 heavy (non-hydrogen) atoms. The summed E-state index contributed by atoms with van der Waals surface area (Å²) in [6.07, 6.45) is 0. The number of ether oxygens (including phenoxy) is 2. The maximum Gasteiger partial charge on any atom is 0.0663 e. The van der Waals surface area contributed by atoms with Crippen LogP contribution in [-0.2, 0) is 16.0 Å². The van der Waals surface area contributed by atoms with Gasteiger partial charge in [-0.1, -0.05) is 6.07 Å². The molecule has 0 heterocycles. The molecule has 5 heteroatoms. The zero-order valence-corrected chi connectivity index (χ0v) is 14.4. The fourth-order valence-electron chi connectivity index (χ4n) is 2.20. The van der Waals surface area contributed by atoms with Crippen molar-refractivity contribution in [2.24, 2.45) is 0 Å². The molecule has 0 bridgehead atoms. The highest BCUT2D eigenvalue weighted by atomic mass is 79.9. The Morgan fingerprint density at radius 1 is 1.30 bits per heavy atom. The normalized spacial score (nSPS) is 12.4. The quantitative estimate of drug-likeness (QED) is 0.746. The molecule has 0 saturated heterocycles. The SMILES string of the molecule is CNCc1ccc(N(CCOC)C(C)COC)c(Br)c1. The van der Waals surface area contributed by atoms with Crippen LogP contribution in [0.3, 0.4) is 0 Å². The fourth-order valence-corrected chi connectivity index (χ4v) is 2.85. The van der Waals surface area contributed by atoms with Gasteiger partial charge in [-0.2, -0.15) is 0 Å². The molecule has 0 spiro atoms. The number of hydrogen-bond donors (Lipinski definition) is 1. The van der Waals surface area contributed by atoms with E-state index in [0.717, 1.165) is 17.6 Å². The van der Waals surface area contributed by atoms with Crippen LogP contribution in [0.1, 0.15) is 12.5 Å². The summed E-state index contributed by atoms with van der Waals surface area (Å²) >= 11 is 3.68. The highest BCUT2D eigenvalue weighted by Crippen LogP contribution is 2.29. The Balaban J connectivity index is 2.94. The van der Waals surface area contributed by atoms with Crippen molar-refractivity contribution in [3.05, 3.63) is 28.2 Å². The van der Waals surface area contributed by atoms with Crippen molar-refractivity contribution >= 4 is 21.6 Å². The molecule has 0 aliphatic rings. The maximum absolute atomic E-state index is 5.28. The lowest BCUT2D eigenvalue weighted by molar-refractivity contribution is 0.171. The Bertz CT molecular complexity index is 401. The Labute approximate surface area is 130 Å². The molecule has 1 unspecified atom stereocenters. The van der Waals surface area contributed by atoms with Crippen LogP contribution >= 0.6 is 15.9 Å². The van der Waals surface area contributed by atoms with Gasteiger partial charge < -0.3 is 19.7 Å². The summed E-state index contributed by atoms with van der Waals surface area (Å²) < 4.78 is 11.6. The van der Waals surface area contributed by atoms with Crippen LogP contribution in [0.25, 0.3) is 0 Å². The van der Waals surface area contributed by atoms with Crippen LogP contribution in [0.15, 0.2) is 22.7 Å². The molecule has 0 saturated carbocycles. The molecule has 0 fully saturated rings. The summed E-state index contributed by atoms with van der Waals surface area (Å²) in [5.41, 5.74) is 2.43. The molecule has 0 aromatic heterocycles. The Kier molecular flexibility index (Phi) is 8.14. The summed E-state index contributed by atoms with van der Waals surface area (Å²) in [7, 11) is 5.41. The summed E-state index contributed by atoms with van der Waals surface area (Å²) in [5.74, 6) is 0. The van der Waals surface area contributed by atoms with Crippen LogP contribution in [-0.4, -0.2) is 47.1 Å². The van der Waals surface area contributed by atoms with Gasteiger partial charge >= 0.3 is 0 Å². The average Bonchev–Trinajstić information content (AvgIpc) is 2.42. The third-order valence-electron chi connectivity index (χ3n) is 3.18. The minimum atomic E-state index is 0.293. The van der Waals surface area contributed by atoms with Crippen molar-refractivity contribution in [2.75, 3.05) is 45.9 Å². The van der Waals surface area contributed by atoms with Crippen LogP contribution in [0.4, 0.5) is 5.69 Å². The molecule has 1 aromatic carbocycles. The molecule has 0 radical (unpaired) electrons. The second-order valence-corrected chi connectivity index (χ2v) is 5.66. The number of methoxy groups -OCH3 is 2. The van der Waals surface area contributed by atoms with E-state index < -0.39 is 0 Å². The average molecular weight is 345 g/mol. The summed E-state index contributed by atoms with van der Waals surface area (Å²) in [6.45, 7) is 5.25. The lowest BCUT2D eigenvalue weighted by Gasteiger charge is -2.31. The molecule has 1 atom stereocenters. The molecule has 1 N–H and O–H groups in total. The molecule has 1 rings (SSSR count). The number of nitrogens with zero attached hydrogens (tertiary/aromatic N) is 1. The lowest BCUT2D eigenvalue weighted by atomic mass is 10.1. The summed E-state index contributed by atoms with van der Waals surface area (Å²) in [4.78, 5) is 2.31. The highest BCUT2D eigenvalue weighted by molar-refractivity contribution is 9.10. The molecule has 114 valence electrons. The van der Waals surface area contributed by atoms with Gasteiger partial charge in [0.15, 0.2) is 0 Å². The zero-order valence-electron chi connectivity index (χ0n) is 12.8. The minimum Gasteiger partial charge on any atom is -0.383 e. The number of halogens is 1. The van der Waals surface area contributed by atoms with E-state index in [2.05, 4.69) is 51.3 Å². The molecule has 4 nitrogen and oxygen atoms in total. The van der Waals surface area contributed by atoms with Crippen molar-refractivity contribution in [3.63, 3.8) is 0 Å². The third-order valence-corrected chi connectivity index (χ3v) is 3.81. The van der Waals surface area contributed by atoms with E-state index in [9.17, 15) is 0 Å². The number of nitrogens with one attached hydrogen (secondary N) is 1. The summed E-state index contributed by atoms with van der Waals surface area (Å²) in [5, 5.41) is 3.16. The van der Waals surface area contributed by atoms with Crippen LogP contribution in [0.2, 0.25) is 0 Å². The maximum atomic E-state index is 5.28. The number of rotatable bonds is 9. The van der Waals surface area contributed by atoms with E-state index in [1.165, 1.54) is 11.3 Å². The topological polar surface area (TPSA) is 33.7 Å². The first-order valence-corrected chi connectivity index (χ1v) is 7.60. The van der Waals surface area contributed by atoms with Gasteiger partial charge in [-0.25, -0.2) is 0 Å². The second kappa shape index (κ2) is 9.34. The first kappa shape index (κ1) is 17.4. The Morgan fingerprint density at radius 2 is 2.05 bits per heavy atom. The van der Waals surface area contributed by atoms with Gasteiger partial charge in [-0.15, -0.1) is 0 Å². The van der Waals surface area contributed by atoms with E-state index in [1.54, 1.807) is 14.2 Å². The molecular weight excluding hydrogens is 320 g/mol. The van der Waals surface area contributed by atoms with Crippen LogP contribution in [0, 0.1) is 0 Å². The predicted molar refractivity (Wildman–Crippen MR) is 87.5 cm³/mol. The van der Waals surface area contributed by atoms with Gasteiger partial charge in [0.05, 0.1) is 18.9 Å². The van der Waals surface area contributed by atoms with Crippen molar-refractivity contribution < 1.29 is 9.47 Å². The molecule has 0 amide bonds. The number of hydrogen-bond acceptors (Lipinski definition) is 4. The van der Waals surface area contributed by atoms with Crippen LogP contribution < -0.4 is 10.2 Å². The van der Waals surface area contributed by atoms with Gasteiger partial charge in [0.25, 0.3) is 0 Å². The Hall–Kier alpha value is -0.620. The van der Waals surface area contributed by atoms with E-state index in [1.807, 2.05) is 7.05 Å². The molecule has 0 aliphatic carbocycles. The van der Waals surface area contributed by atoms with Gasteiger partial charge in [0.1, 0.15) is 0 Å². The smallest absolute Gasteiger partial charge is 0.0663 e. The van der Waals surface area contributed by atoms with Crippen LogP contribution in [0.5, 0.6) is 0 Å². The van der Waals surface area contributed by atoms with Gasteiger partial charge in [0, 0.05) is 37.8 Å². The highest BCUT2D eigenvalue weighted by Gasteiger charge is 2.17. The van der Waals surface area contributed by atoms with Gasteiger partial charge in [0.2, 0.25) is 0 Å². The molecule has 1 aromatic rings. The van der Waals surface area contributed by atoms with Gasteiger partial charge in [-0.3, -0.25) is 0 Å². The molecular formula is C15H25BrN2O2. The van der Waals surface area contributed by atoms with Crippen molar-refractivity contribution in [1.29, 1.82) is 0 Å². The van der Waals surface area contributed by atoms with Gasteiger partial charge in [-0.05, 0) is 47.6 Å². The Morgan fingerprint density at radius 3 is 2.60 bits per heavy atom. The van der Waals surface area contributed by atoms with Crippen molar-refractivity contribution in [2.45, 2.75) is 19.5 Å². The minimum absolute atomic E-state index is 0.293. The van der Waals surface area contributed by atoms with E-state index in [0.29, 0.717) is 19.3 Å². The van der Waals surface area contributed by atoms with E-state index >= 15 is 0 Å². The van der Waals surface area contributed by atoms with Crippen molar-refractivity contribution in [1.82, 2.24) is 5.32 Å². The predicted octanol–water partition coefficient (Wildman–Crippen LogP) is 2.66. The zero-order chi connectivity index (χ0) is 15.0.